The van der Waals surface area contributed by atoms with Crippen LogP contribution in [0.15, 0.2) is 40.5 Å². The molecule has 0 aliphatic carbocycles. The van der Waals surface area contributed by atoms with E-state index >= 15 is 0 Å². The first-order chi connectivity index (χ1) is 8.19. The van der Waals surface area contributed by atoms with Crippen LogP contribution < -0.4 is 0 Å². The number of aldehydes is 1. The summed E-state index contributed by atoms with van der Waals surface area (Å²) in [5, 5.41) is 1.20. The van der Waals surface area contributed by atoms with E-state index in [9.17, 15) is 4.79 Å². The molecule has 0 bridgehead atoms. The number of halogens is 1. The van der Waals surface area contributed by atoms with Crippen molar-refractivity contribution in [3.63, 3.8) is 0 Å². The molecule has 86 valence electrons. The van der Waals surface area contributed by atoms with Gasteiger partial charge in [0.15, 0.2) is 11.4 Å². The number of carbonyl (C=O) groups excluding carboxylic acids is 1. The topological polar surface area (TPSA) is 42.9 Å². The second kappa shape index (κ2) is 5.29. The summed E-state index contributed by atoms with van der Waals surface area (Å²) < 4.78 is 0. The number of carbonyl (C=O) groups is 1. The molecule has 3 nitrogen and oxygen atoms in total. The summed E-state index contributed by atoms with van der Waals surface area (Å²) in [6, 6.07) is 6.93. The first kappa shape index (κ1) is 12.1. The molecule has 0 saturated carbocycles. The van der Waals surface area contributed by atoms with Gasteiger partial charge in [-0.25, -0.2) is 9.97 Å². The lowest BCUT2D eigenvalue weighted by atomic mass is 10.2. The fourth-order valence-electron chi connectivity index (χ4n) is 1.27. The first-order valence-electron chi connectivity index (χ1n) is 4.91. The number of hydrogen-bond acceptors (Lipinski definition) is 4. The molecule has 0 atom stereocenters. The van der Waals surface area contributed by atoms with E-state index in [0.29, 0.717) is 15.7 Å². The second-order valence-corrected chi connectivity index (χ2v) is 4.83. The Morgan fingerprint density at radius 1 is 1.35 bits per heavy atom. The minimum Gasteiger partial charge on any atom is -0.298 e. The van der Waals surface area contributed by atoms with Crippen molar-refractivity contribution in [2.45, 2.75) is 17.0 Å². The lowest BCUT2D eigenvalue weighted by molar-refractivity contribution is 0.112. The molecule has 0 unspecified atom stereocenters. The van der Waals surface area contributed by atoms with E-state index in [0.717, 1.165) is 16.9 Å². The minimum atomic E-state index is 0.588. The Hall–Kier alpha value is -1.39. The van der Waals surface area contributed by atoms with Crippen molar-refractivity contribution >= 4 is 29.6 Å². The number of nitrogens with zero attached hydrogens (tertiary/aromatic N) is 2. The second-order valence-electron chi connectivity index (χ2n) is 3.38. The van der Waals surface area contributed by atoms with Crippen LogP contribution in [-0.4, -0.2) is 16.3 Å². The monoisotopic (exact) mass is 264 g/mol. The van der Waals surface area contributed by atoms with Gasteiger partial charge in [0.25, 0.3) is 0 Å². The summed E-state index contributed by atoms with van der Waals surface area (Å²) in [6.45, 7) is 1.89. The SMILES string of the molecule is Cc1ccnc(Sc2cc(Cl)ccc2C=O)n1. The molecule has 1 aromatic carbocycles. The molecule has 1 heterocycles. The average Bonchev–Trinajstić information content (AvgIpc) is 2.29. The minimum absolute atomic E-state index is 0.588. The molecule has 0 amide bonds. The zero-order valence-corrected chi connectivity index (χ0v) is 10.6. The van der Waals surface area contributed by atoms with Gasteiger partial charge in [-0.05, 0) is 43.0 Å². The molecule has 17 heavy (non-hydrogen) atoms. The van der Waals surface area contributed by atoms with E-state index in [1.807, 2.05) is 13.0 Å². The summed E-state index contributed by atoms with van der Waals surface area (Å²) >= 11 is 7.23. The molecule has 2 rings (SSSR count). The van der Waals surface area contributed by atoms with Gasteiger partial charge in [-0.3, -0.25) is 4.79 Å². The highest BCUT2D eigenvalue weighted by molar-refractivity contribution is 7.99. The van der Waals surface area contributed by atoms with Crippen molar-refractivity contribution in [1.29, 1.82) is 0 Å². The molecule has 0 radical (unpaired) electrons. The van der Waals surface area contributed by atoms with Crippen LogP contribution in [0.25, 0.3) is 0 Å². The van der Waals surface area contributed by atoms with Gasteiger partial charge in [-0.1, -0.05) is 11.6 Å². The molecule has 2 aromatic rings. The van der Waals surface area contributed by atoms with Crippen LogP contribution in [0.2, 0.25) is 5.02 Å². The molecule has 0 N–H and O–H groups in total. The van der Waals surface area contributed by atoms with Crippen molar-refractivity contribution in [2.75, 3.05) is 0 Å². The molecule has 0 spiro atoms. The lowest BCUT2D eigenvalue weighted by Crippen LogP contribution is -1.90. The highest BCUT2D eigenvalue weighted by Gasteiger charge is 2.07. The van der Waals surface area contributed by atoms with Gasteiger partial charge in [0.2, 0.25) is 0 Å². The Labute approximate surface area is 108 Å². The predicted molar refractivity (Wildman–Crippen MR) is 67.7 cm³/mol. The van der Waals surface area contributed by atoms with Crippen LogP contribution in [0.1, 0.15) is 16.1 Å². The molecule has 5 heteroatoms. The summed E-state index contributed by atoms with van der Waals surface area (Å²) in [5.41, 5.74) is 1.47. The van der Waals surface area contributed by atoms with Crippen LogP contribution in [0.4, 0.5) is 0 Å². The van der Waals surface area contributed by atoms with Crippen molar-refractivity contribution in [2.24, 2.45) is 0 Å². The maximum Gasteiger partial charge on any atom is 0.192 e. The zero-order valence-electron chi connectivity index (χ0n) is 9.05. The molecule has 0 saturated heterocycles. The largest absolute Gasteiger partial charge is 0.298 e. The maximum absolute atomic E-state index is 10.9. The normalized spacial score (nSPS) is 10.2. The average molecular weight is 265 g/mol. The van der Waals surface area contributed by atoms with Crippen LogP contribution >= 0.6 is 23.4 Å². The van der Waals surface area contributed by atoms with Crippen LogP contribution in [0, 0.1) is 6.92 Å². The van der Waals surface area contributed by atoms with E-state index in [2.05, 4.69) is 9.97 Å². The molecule has 0 aliphatic rings. The number of benzene rings is 1. The van der Waals surface area contributed by atoms with Gasteiger partial charge >= 0.3 is 0 Å². The van der Waals surface area contributed by atoms with Gasteiger partial charge in [-0.15, -0.1) is 0 Å². The van der Waals surface area contributed by atoms with Crippen molar-refractivity contribution in [1.82, 2.24) is 9.97 Å². The molecule has 0 aliphatic heterocycles. The lowest BCUT2D eigenvalue weighted by Gasteiger charge is -2.04. The van der Waals surface area contributed by atoms with E-state index in [4.69, 9.17) is 11.6 Å². The highest BCUT2D eigenvalue weighted by atomic mass is 35.5. The van der Waals surface area contributed by atoms with Gasteiger partial charge in [0, 0.05) is 27.4 Å². The van der Waals surface area contributed by atoms with Gasteiger partial charge < -0.3 is 0 Å². The van der Waals surface area contributed by atoms with E-state index in [1.165, 1.54) is 11.8 Å². The van der Waals surface area contributed by atoms with Gasteiger partial charge in [-0.2, -0.15) is 0 Å². The van der Waals surface area contributed by atoms with Crippen LogP contribution in [0.3, 0.4) is 0 Å². The van der Waals surface area contributed by atoms with Gasteiger partial charge in [0.1, 0.15) is 0 Å². The molecule has 1 aromatic heterocycles. The Bertz CT molecular complexity index is 560. The third-order valence-electron chi connectivity index (χ3n) is 2.08. The number of rotatable bonds is 3. The number of aromatic nitrogens is 2. The Morgan fingerprint density at radius 3 is 2.88 bits per heavy atom. The van der Waals surface area contributed by atoms with Crippen molar-refractivity contribution in [3.8, 4) is 0 Å². The first-order valence-corrected chi connectivity index (χ1v) is 6.11. The Kier molecular flexibility index (Phi) is 3.76. The summed E-state index contributed by atoms with van der Waals surface area (Å²) in [6.07, 6.45) is 2.49. The number of aryl methyl sites for hydroxylation is 1. The quantitative estimate of drug-likeness (QED) is 0.629. The summed E-state index contributed by atoms with van der Waals surface area (Å²) in [7, 11) is 0. The van der Waals surface area contributed by atoms with E-state index < -0.39 is 0 Å². The van der Waals surface area contributed by atoms with Crippen molar-refractivity contribution in [3.05, 3.63) is 46.7 Å². The molecular weight excluding hydrogens is 256 g/mol. The fourth-order valence-corrected chi connectivity index (χ4v) is 2.42. The maximum atomic E-state index is 10.9. The van der Waals surface area contributed by atoms with Crippen LogP contribution in [-0.2, 0) is 0 Å². The predicted octanol–water partition coefficient (Wildman–Crippen LogP) is 3.40. The summed E-state index contributed by atoms with van der Waals surface area (Å²) in [5.74, 6) is 0. The van der Waals surface area contributed by atoms with E-state index in [1.54, 1.807) is 24.4 Å². The Balaban J connectivity index is 2.35. The molecule has 0 fully saturated rings. The third-order valence-corrected chi connectivity index (χ3v) is 3.26. The fraction of sp³-hybridized carbons (Fsp3) is 0.0833. The molecular formula is C12H9ClN2OS. The van der Waals surface area contributed by atoms with Crippen molar-refractivity contribution < 1.29 is 4.79 Å². The third kappa shape index (κ3) is 3.05. The zero-order chi connectivity index (χ0) is 12.3. The summed E-state index contributed by atoms with van der Waals surface area (Å²) in [4.78, 5) is 20.1. The van der Waals surface area contributed by atoms with Crippen LogP contribution in [0.5, 0.6) is 0 Å². The van der Waals surface area contributed by atoms with E-state index in [-0.39, 0.29) is 0 Å². The smallest absolute Gasteiger partial charge is 0.192 e. The highest BCUT2D eigenvalue weighted by Crippen LogP contribution is 2.29. The van der Waals surface area contributed by atoms with Gasteiger partial charge in [0.05, 0.1) is 0 Å². The number of hydrogen-bond donors (Lipinski definition) is 0. The Morgan fingerprint density at radius 2 is 2.18 bits per heavy atom. The standard InChI is InChI=1S/C12H9ClN2OS/c1-8-4-5-14-12(15-8)17-11-6-10(13)3-2-9(11)7-16/h2-7H,1H3.